The second-order valence-electron chi connectivity index (χ2n) is 8.47. The first-order chi connectivity index (χ1) is 15.8. The molecular formula is C26H29N3O4. The number of nitrogens with zero attached hydrogens (tertiary/aromatic N) is 1. The van der Waals surface area contributed by atoms with Crippen LogP contribution >= 0.6 is 0 Å². The van der Waals surface area contributed by atoms with Gasteiger partial charge in [0.05, 0.1) is 5.56 Å². The van der Waals surface area contributed by atoms with Crippen molar-refractivity contribution < 1.29 is 19.1 Å². The van der Waals surface area contributed by atoms with Crippen LogP contribution in [0.3, 0.4) is 0 Å². The molecule has 0 atom stereocenters. The van der Waals surface area contributed by atoms with Gasteiger partial charge in [-0.3, -0.25) is 9.59 Å². The minimum Gasteiger partial charge on any atom is -0.486 e. The first-order valence-electron chi connectivity index (χ1n) is 11.1. The minimum absolute atomic E-state index is 0.0237. The minimum atomic E-state index is -0.135. The highest BCUT2D eigenvalue weighted by Gasteiger charge is 2.19. The number of carbonyl (C=O) groups is 2. The molecule has 172 valence electrons. The summed E-state index contributed by atoms with van der Waals surface area (Å²) in [6.45, 7) is 9.08. The summed E-state index contributed by atoms with van der Waals surface area (Å²) in [5, 5.41) is 5.86. The van der Waals surface area contributed by atoms with Gasteiger partial charge in [-0.25, -0.2) is 0 Å². The summed E-state index contributed by atoms with van der Waals surface area (Å²) in [5.74, 6) is 1.21. The number of fused-ring (bicyclic) bond motifs is 1. The summed E-state index contributed by atoms with van der Waals surface area (Å²) in [6, 6.07) is 15.2. The van der Waals surface area contributed by atoms with E-state index in [1.807, 2.05) is 80.8 Å². The third kappa shape index (κ3) is 4.87. The topological polar surface area (TPSA) is 81.6 Å². The number of benzene rings is 2. The molecule has 7 heteroatoms. The van der Waals surface area contributed by atoms with Crippen LogP contribution in [0.15, 0.2) is 48.5 Å². The number of amides is 2. The van der Waals surface area contributed by atoms with Crippen molar-refractivity contribution >= 4 is 17.5 Å². The Morgan fingerprint density at radius 2 is 1.67 bits per heavy atom. The third-order valence-corrected chi connectivity index (χ3v) is 5.66. The number of ether oxygens (including phenoxy) is 2. The first kappa shape index (κ1) is 22.5. The van der Waals surface area contributed by atoms with E-state index in [1.165, 1.54) is 0 Å². The lowest BCUT2D eigenvalue weighted by Gasteiger charge is -2.20. The predicted molar refractivity (Wildman–Crippen MR) is 127 cm³/mol. The zero-order valence-corrected chi connectivity index (χ0v) is 19.4. The molecule has 0 spiro atoms. The molecule has 33 heavy (non-hydrogen) atoms. The monoisotopic (exact) mass is 447 g/mol. The van der Waals surface area contributed by atoms with E-state index in [1.54, 1.807) is 0 Å². The van der Waals surface area contributed by atoms with Gasteiger partial charge in [0.1, 0.15) is 13.2 Å². The quantitative estimate of drug-likeness (QED) is 0.587. The van der Waals surface area contributed by atoms with E-state index in [0.29, 0.717) is 31.1 Å². The Labute approximate surface area is 193 Å². The number of hydrogen-bond acceptors (Lipinski definition) is 4. The van der Waals surface area contributed by atoms with Crippen LogP contribution in [0.4, 0.5) is 5.69 Å². The average Bonchev–Trinajstić information content (AvgIpc) is 3.11. The highest BCUT2D eigenvalue weighted by molar-refractivity contribution is 5.96. The summed E-state index contributed by atoms with van der Waals surface area (Å²) in [7, 11) is 0. The zero-order valence-electron chi connectivity index (χ0n) is 19.4. The van der Waals surface area contributed by atoms with Crippen LogP contribution in [0.1, 0.15) is 41.2 Å². The Balaban J connectivity index is 1.45. The Morgan fingerprint density at radius 1 is 0.970 bits per heavy atom. The molecule has 2 heterocycles. The standard InChI is InChI=1S/C26H29N3O4/c1-16(2)25(30)28-20-7-5-19(6-8-20)15-27-26(31)22-13-17(3)29(18(22)4)21-9-10-23-24(14-21)33-12-11-32-23/h5-10,13-14,16H,11-12,15H2,1-4H3,(H,27,31)(H,28,30). The number of anilines is 1. The molecule has 2 aromatic carbocycles. The van der Waals surface area contributed by atoms with Gasteiger partial charge in [0.25, 0.3) is 5.91 Å². The van der Waals surface area contributed by atoms with Crippen molar-refractivity contribution in [2.24, 2.45) is 5.92 Å². The highest BCUT2D eigenvalue weighted by atomic mass is 16.6. The van der Waals surface area contributed by atoms with Crippen LogP contribution < -0.4 is 20.1 Å². The maximum atomic E-state index is 12.9. The fourth-order valence-electron chi connectivity index (χ4n) is 3.83. The van der Waals surface area contributed by atoms with E-state index < -0.39 is 0 Å². The van der Waals surface area contributed by atoms with Crippen LogP contribution in [0, 0.1) is 19.8 Å². The molecule has 0 saturated carbocycles. The summed E-state index contributed by atoms with van der Waals surface area (Å²) in [5.41, 5.74) is 5.06. The number of nitrogens with one attached hydrogen (secondary N) is 2. The van der Waals surface area contributed by atoms with Crippen LogP contribution in [0.2, 0.25) is 0 Å². The average molecular weight is 448 g/mol. The summed E-state index contributed by atoms with van der Waals surface area (Å²) >= 11 is 0. The molecule has 2 N–H and O–H groups in total. The van der Waals surface area contributed by atoms with Gasteiger partial charge in [-0.05, 0) is 49.7 Å². The molecule has 1 aromatic heterocycles. The van der Waals surface area contributed by atoms with E-state index in [9.17, 15) is 9.59 Å². The van der Waals surface area contributed by atoms with Crippen LogP contribution in [0.25, 0.3) is 5.69 Å². The van der Waals surface area contributed by atoms with Crippen molar-refractivity contribution in [1.29, 1.82) is 0 Å². The smallest absolute Gasteiger partial charge is 0.253 e. The number of carbonyl (C=O) groups excluding carboxylic acids is 2. The van der Waals surface area contributed by atoms with Gasteiger partial charge < -0.3 is 24.7 Å². The molecule has 0 unspecified atom stereocenters. The first-order valence-corrected chi connectivity index (χ1v) is 11.1. The highest BCUT2D eigenvalue weighted by Crippen LogP contribution is 2.33. The Morgan fingerprint density at radius 3 is 2.36 bits per heavy atom. The SMILES string of the molecule is Cc1cc(C(=O)NCc2ccc(NC(=O)C(C)C)cc2)c(C)n1-c1ccc2c(c1)OCCO2. The second kappa shape index (κ2) is 9.40. The van der Waals surface area contributed by atoms with Crippen molar-refractivity contribution in [1.82, 2.24) is 9.88 Å². The summed E-state index contributed by atoms with van der Waals surface area (Å²) < 4.78 is 13.4. The molecule has 0 radical (unpaired) electrons. The van der Waals surface area contributed by atoms with E-state index in [2.05, 4.69) is 10.6 Å². The molecular weight excluding hydrogens is 418 g/mol. The van der Waals surface area contributed by atoms with Gasteiger partial charge in [-0.1, -0.05) is 26.0 Å². The molecule has 1 aliphatic rings. The van der Waals surface area contributed by atoms with E-state index in [4.69, 9.17) is 9.47 Å². The maximum absolute atomic E-state index is 12.9. The predicted octanol–water partition coefficient (Wildman–Crippen LogP) is 4.39. The van der Waals surface area contributed by atoms with Gasteiger partial charge in [0, 0.05) is 41.3 Å². The molecule has 0 fully saturated rings. The van der Waals surface area contributed by atoms with E-state index in [0.717, 1.165) is 34.1 Å². The van der Waals surface area contributed by atoms with Crippen molar-refractivity contribution in [3.05, 3.63) is 71.0 Å². The third-order valence-electron chi connectivity index (χ3n) is 5.66. The molecule has 3 aromatic rings. The molecule has 0 bridgehead atoms. The van der Waals surface area contributed by atoms with Crippen LogP contribution in [0.5, 0.6) is 11.5 Å². The zero-order chi connectivity index (χ0) is 23.5. The number of rotatable bonds is 6. The van der Waals surface area contributed by atoms with Gasteiger partial charge in [-0.2, -0.15) is 0 Å². The summed E-state index contributed by atoms with van der Waals surface area (Å²) in [4.78, 5) is 24.8. The Bertz CT molecular complexity index is 1180. The lowest BCUT2D eigenvalue weighted by Crippen LogP contribution is -2.23. The van der Waals surface area contributed by atoms with Crippen molar-refractivity contribution in [3.63, 3.8) is 0 Å². The van der Waals surface area contributed by atoms with E-state index >= 15 is 0 Å². The maximum Gasteiger partial charge on any atom is 0.253 e. The number of aryl methyl sites for hydroxylation is 1. The molecule has 1 aliphatic heterocycles. The van der Waals surface area contributed by atoms with Crippen molar-refractivity contribution in [2.45, 2.75) is 34.2 Å². The van der Waals surface area contributed by atoms with Crippen molar-refractivity contribution in [3.8, 4) is 17.2 Å². The molecule has 2 amide bonds. The molecule has 0 saturated heterocycles. The normalized spacial score (nSPS) is 12.5. The largest absolute Gasteiger partial charge is 0.486 e. The van der Waals surface area contributed by atoms with Crippen molar-refractivity contribution in [2.75, 3.05) is 18.5 Å². The van der Waals surface area contributed by atoms with E-state index in [-0.39, 0.29) is 17.7 Å². The van der Waals surface area contributed by atoms with Gasteiger partial charge in [-0.15, -0.1) is 0 Å². The Hall–Kier alpha value is -3.74. The van der Waals surface area contributed by atoms with Gasteiger partial charge >= 0.3 is 0 Å². The molecule has 0 aliphatic carbocycles. The van der Waals surface area contributed by atoms with Crippen LogP contribution in [-0.2, 0) is 11.3 Å². The lowest BCUT2D eigenvalue weighted by molar-refractivity contribution is -0.118. The molecule has 4 rings (SSSR count). The molecule has 7 nitrogen and oxygen atoms in total. The fourth-order valence-corrected chi connectivity index (χ4v) is 3.83. The Kier molecular flexibility index (Phi) is 6.40. The second-order valence-corrected chi connectivity index (χ2v) is 8.47. The fraction of sp³-hybridized carbons (Fsp3) is 0.308. The number of aromatic nitrogens is 1. The van der Waals surface area contributed by atoms with Gasteiger partial charge in [0.2, 0.25) is 5.91 Å². The lowest BCUT2D eigenvalue weighted by atomic mass is 10.1. The van der Waals surface area contributed by atoms with Gasteiger partial charge in [0.15, 0.2) is 11.5 Å². The van der Waals surface area contributed by atoms with Crippen LogP contribution in [-0.4, -0.2) is 29.6 Å². The summed E-state index contributed by atoms with van der Waals surface area (Å²) in [6.07, 6.45) is 0. The number of hydrogen-bond donors (Lipinski definition) is 2.